The van der Waals surface area contributed by atoms with Gasteiger partial charge < -0.3 is 18.9 Å². The lowest BCUT2D eigenvalue weighted by Gasteiger charge is -2.22. The molecule has 0 N–H and O–H groups in total. The summed E-state index contributed by atoms with van der Waals surface area (Å²) in [5, 5.41) is 0. The van der Waals surface area contributed by atoms with Crippen LogP contribution in [0.2, 0.25) is 0 Å². The van der Waals surface area contributed by atoms with Gasteiger partial charge in [-0.25, -0.2) is 0 Å². The first-order chi connectivity index (χ1) is 9.55. The largest absolute Gasteiger partial charge is 0.487 e. The van der Waals surface area contributed by atoms with Crippen LogP contribution in [-0.4, -0.2) is 30.7 Å². The molecular weight excluding hydrogens is 256 g/mol. The number of ether oxygens (including phenoxy) is 4. The number of rotatable bonds is 4. The van der Waals surface area contributed by atoms with Crippen molar-refractivity contribution in [1.82, 2.24) is 0 Å². The third kappa shape index (κ3) is 2.73. The van der Waals surface area contributed by atoms with Crippen LogP contribution in [0.4, 0.5) is 0 Å². The van der Waals surface area contributed by atoms with Gasteiger partial charge in [0, 0.05) is 0 Å². The summed E-state index contributed by atoms with van der Waals surface area (Å²) >= 11 is 0. The number of hydrogen-bond donors (Lipinski definition) is 0. The fourth-order valence-corrected chi connectivity index (χ4v) is 2.63. The maximum absolute atomic E-state index is 5.87. The summed E-state index contributed by atoms with van der Waals surface area (Å²) < 4.78 is 23.1. The highest BCUT2D eigenvalue weighted by molar-refractivity contribution is 5.14. The highest BCUT2D eigenvalue weighted by atomic mass is 16.8. The SMILES string of the molecule is C=C1O[C@H](COCc2ccccc2)[C@H]2OC(C)(C)O[C@@H]12. The maximum atomic E-state index is 5.87. The Balaban J connectivity index is 1.55. The highest BCUT2D eigenvalue weighted by Gasteiger charge is 2.52. The van der Waals surface area contributed by atoms with E-state index in [1.165, 1.54) is 0 Å². The molecule has 0 spiro atoms. The van der Waals surface area contributed by atoms with E-state index >= 15 is 0 Å². The smallest absolute Gasteiger partial charge is 0.164 e. The van der Waals surface area contributed by atoms with Crippen LogP contribution in [0.3, 0.4) is 0 Å². The Hall–Kier alpha value is -1.36. The van der Waals surface area contributed by atoms with E-state index in [2.05, 4.69) is 6.58 Å². The minimum Gasteiger partial charge on any atom is -0.487 e. The third-order valence-corrected chi connectivity index (χ3v) is 3.51. The second-order valence-electron chi connectivity index (χ2n) is 5.64. The molecule has 1 aromatic rings. The van der Waals surface area contributed by atoms with E-state index in [-0.39, 0.29) is 18.3 Å². The van der Waals surface area contributed by atoms with Crippen molar-refractivity contribution in [2.45, 2.75) is 44.6 Å². The molecule has 3 atom stereocenters. The summed E-state index contributed by atoms with van der Waals surface area (Å²) in [6.45, 7) is 8.73. The van der Waals surface area contributed by atoms with Crippen molar-refractivity contribution < 1.29 is 18.9 Å². The molecule has 108 valence electrons. The van der Waals surface area contributed by atoms with Gasteiger partial charge in [-0.1, -0.05) is 36.9 Å². The Morgan fingerprint density at radius 2 is 1.95 bits per heavy atom. The van der Waals surface area contributed by atoms with Crippen molar-refractivity contribution in [1.29, 1.82) is 0 Å². The predicted molar refractivity (Wildman–Crippen MR) is 73.9 cm³/mol. The Morgan fingerprint density at radius 3 is 2.70 bits per heavy atom. The van der Waals surface area contributed by atoms with Gasteiger partial charge >= 0.3 is 0 Å². The van der Waals surface area contributed by atoms with Gasteiger partial charge in [-0.05, 0) is 19.4 Å². The standard InChI is InChI=1S/C16H20O4/c1-11-14-15(20-16(2,3)19-14)13(18-11)10-17-9-12-7-5-4-6-8-12/h4-8,13-15H,1,9-10H2,2-3H3/t13-,14+,15-/m1/s1. The lowest BCUT2D eigenvalue weighted by Crippen LogP contribution is -2.32. The van der Waals surface area contributed by atoms with E-state index in [1.54, 1.807) is 0 Å². The van der Waals surface area contributed by atoms with E-state index in [4.69, 9.17) is 18.9 Å². The summed E-state index contributed by atoms with van der Waals surface area (Å²) in [7, 11) is 0. The molecule has 0 bridgehead atoms. The average Bonchev–Trinajstić information content (AvgIpc) is 2.87. The number of hydrogen-bond acceptors (Lipinski definition) is 4. The fourth-order valence-electron chi connectivity index (χ4n) is 2.63. The summed E-state index contributed by atoms with van der Waals surface area (Å²) in [6.07, 6.45) is -0.471. The lowest BCUT2D eigenvalue weighted by atomic mass is 10.1. The molecule has 1 aromatic carbocycles. The molecule has 0 aromatic heterocycles. The van der Waals surface area contributed by atoms with Crippen molar-refractivity contribution in [2.24, 2.45) is 0 Å². The molecule has 2 saturated heterocycles. The van der Waals surface area contributed by atoms with Gasteiger partial charge in [0.2, 0.25) is 0 Å². The van der Waals surface area contributed by atoms with Crippen LogP contribution in [-0.2, 0) is 25.6 Å². The van der Waals surface area contributed by atoms with Crippen LogP contribution in [0.5, 0.6) is 0 Å². The normalized spacial score (nSPS) is 31.1. The van der Waals surface area contributed by atoms with Gasteiger partial charge in [-0.2, -0.15) is 0 Å². The van der Waals surface area contributed by atoms with Crippen LogP contribution in [0.1, 0.15) is 19.4 Å². The molecule has 0 radical (unpaired) electrons. The first kappa shape index (κ1) is 13.6. The van der Waals surface area contributed by atoms with E-state index in [0.717, 1.165) is 5.56 Å². The first-order valence-electron chi connectivity index (χ1n) is 6.88. The Morgan fingerprint density at radius 1 is 1.20 bits per heavy atom. The summed E-state index contributed by atoms with van der Waals surface area (Å²) in [5.74, 6) is 0.0496. The first-order valence-corrected chi connectivity index (χ1v) is 6.88. The van der Waals surface area contributed by atoms with Crippen molar-refractivity contribution in [3.8, 4) is 0 Å². The van der Waals surface area contributed by atoms with Gasteiger partial charge in [0.1, 0.15) is 18.0 Å². The average molecular weight is 276 g/mol. The van der Waals surface area contributed by atoms with Crippen molar-refractivity contribution in [2.75, 3.05) is 6.61 Å². The van der Waals surface area contributed by atoms with Crippen LogP contribution >= 0.6 is 0 Å². The quantitative estimate of drug-likeness (QED) is 0.847. The molecule has 20 heavy (non-hydrogen) atoms. The molecule has 0 unspecified atom stereocenters. The zero-order valence-corrected chi connectivity index (χ0v) is 11.9. The van der Waals surface area contributed by atoms with Gasteiger partial charge in [-0.15, -0.1) is 0 Å². The molecule has 2 fully saturated rings. The molecule has 2 aliphatic heterocycles. The number of fused-ring (bicyclic) bond motifs is 1. The highest BCUT2D eigenvalue weighted by Crippen LogP contribution is 2.39. The summed E-state index contributed by atoms with van der Waals surface area (Å²) in [6, 6.07) is 10.1. The van der Waals surface area contributed by atoms with E-state index in [9.17, 15) is 0 Å². The zero-order valence-electron chi connectivity index (χ0n) is 11.9. The van der Waals surface area contributed by atoms with E-state index in [0.29, 0.717) is 19.0 Å². The fraction of sp³-hybridized carbons (Fsp3) is 0.500. The second kappa shape index (κ2) is 5.20. The van der Waals surface area contributed by atoms with Crippen molar-refractivity contribution in [3.63, 3.8) is 0 Å². The number of benzene rings is 1. The van der Waals surface area contributed by atoms with Crippen LogP contribution < -0.4 is 0 Å². The molecular formula is C16H20O4. The van der Waals surface area contributed by atoms with Crippen LogP contribution in [0.25, 0.3) is 0 Å². The molecule has 0 saturated carbocycles. The van der Waals surface area contributed by atoms with Crippen LogP contribution in [0.15, 0.2) is 42.7 Å². The second-order valence-corrected chi connectivity index (χ2v) is 5.64. The molecule has 2 heterocycles. The monoisotopic (exact) mass is 276 g/mol. The summed E-state index contributed by atoms with van der Waals surface area (Å²) in [5.41, 5.74) is 1.14. The van der Waals surface area contributed by atoms with E-state index in [1.807, 2.05) is 44.2 Å². The van der Waals surface area contributed by atoms with Gasteiger partial charge in [0.05, 0.1) is 13.2 Å². The minimum atomic E-state index is -0.584. The van der Waals surface area contributed by atoms with E-state index < -0.39 is 5.79 Å². The third-order valence-electron chi connectivity index (χ3n) is 3.51. The Labute approximate surface area is 119 Å². The zero-order chi connectivity index (χ0) is 14.2. The topological polar surface area (TPSA) is 36.9 Å². The lowest BCUT2D eigenvalue weighted by molar-refractivity contribution is -0.171. The Bertz CT molecular complexity index is 483. The molecule has 4 heteroatoms. The van der Waals surface area contributed by atoms with Gasteiger partial charge in [0.15, 0.2) is 11.9 Å². The Kier molecular flexibility index (Phi) is 3.54. The van der Waals surface area contributed by atoms with Crippen LogP contribution in [0, 0.1) is 0 Å². The molecule has 2 aliphatic rings. The van der Waals surface area contributed by atoms with Crippen molar-refractivity contribution >= 4 is 0 Å². The van der Waals surface area contributed by atoms with Gasteiger partial charge in [-0.3, -0.25) is 0 Å². The molecule has 4 nitrogen and oxygen atoms in total. The molecule has 0 aliphatic carbocycles. The predicted octanol–water partition coefficient (Wildman–Crippen LogP) is 2.64. The van der Waals surface area contributed by atoms with Gasteiger partial charge in [0.25, 0.3) is 0 Å². The molecule has 0 amide bonds. The summed E-state index contributed by atoms with van der Waals surface area (Å²) in [4.78, 5) is 0. The van der Waals surface area contributed by atoms with Crippen molar-refractivity contribution in [3.05, 3.63) is 48.2 Å². The minimum absolute atomic E-state index is 0.131. The molecule has 3 rings (SSSR count). The maximum Gasteiger partial charge on any atom is 0.164 e.